The number of nitrogens with zero attached hydrogens (tertiary/aromatic N) is 4. The molecule has 22 heavy (non-hydrogen) atoms. The smallest absolute Gasteiger partial charge is 0.275 e. The summed E-state index contributed by atoms with van der Waals surface area (Å²) in [5.74, 6) is 2.21. The Balaban J connectivity index is 1.79. The zero-order valence-corrected chi connectivity index (χ0v) is 13.4. The van der Waals surface area contributed by atoms with Crippen molar-refractivity contribution in [2.24, 2.45) is 0 Å². The lowest BCUT2D eigenvalue weighted by atomic mass is 10.1. The number of anilines is 1. The van der Waals surface area contributed by atoms with Gasteiger partial charge in [-0.25, -0.2) is 4.98 Å². The first kappa shape index (κ1) is 13.8. The molecular formula is C15H14N4OS2. The van der Waals surface area contributed by atoms with E-state index in [2.05, 4.69) is 15.0 Å². The molecule has 0 radical (unpaired) electrons. The highest BCUT2D eigenvalue weighted by atomic mass is 32.2. The summed E-state index contributed by atoms with van der Waals surface area (Å²) in [5.41, 5.74) is 1.53. The van der Waals surface area contributed by atoms with Gasteiger partial charge in [-0.05, 0) is 0 Å². The molecule has 0 saturated carbocycles. The topological polar surface area (TPSA) is 50.5 Å². The van der Waals surface area contributed by atoms with Crippen LogP contribution in [-0.4, -0.2) is 39.2 Å². The molecule has 0 aliphatic carbocycles. The minimum absolute atomic E-state index is 0.127. The van der Waals surface area contributed by atoms with Gasteiger partial charge in [0.25, 0.3) is 5.56 Å². The van der Waals surface area contributed by atoms with Gasteiger partial charge in [0.05, 0.1) is 5.69 Å². The van der Waals surface area contributed by atoms with Crippen molar-refractivity contribution in [3.8, 4) is 11.3 Å². The Kier molecular flexibility index (Phi) is 3.59. The van der Waals surface area contributed by atoms with E-state index in [9.17, 15) is 4.79 Å². The van der Waals surface area contributed by atoms with Crippen LogP contribution in [0.25, 0.3) is 16.2 Å². The molecule has 2 aromatic heterocycles. The lowest BCUT2D eigenvalue weighted by Gasteiger charge is -2.24. The summed E-state index contributed by atoms with van der Waals surface area (Å²) in [7, 11) is 0. The highest BCUT2D eigenvalue weighted by Crippen LogP contribution is 2.25. The number of benzene rings is 1. The Morgan fingerprint density at radius 1 is 1.09 bits per heavy atom. The van der Waals surface area contributed by atoms with Gasteiger partial charge in [0, 0.05) is 36.2 Å². The molecule has 4 rings (SSSR count). The molecule has 0 atom stereocenters. The molecule has 112 valence electrons. The monoisotopic (exact) mass is 330 g/mol. The molecule has 0 N–H and O–H groups in total. The molecule has 0 bridgehead atoms. The molecule has 1 aliphatic rings. The van der Waals surface area contributed by atoms with Crippen molar-refractivity contribution < 1.29 is 0 Å². The van der Waals surface area contributed by atoms with Gasteiger partial charge in [-0.1, -0.05) is 41.7 Å². The lowest BCUT2D eigenvalue weighted by Crippen LogP contribution is -2.32. The van der Waals surface area contributed by atoms with E-state index >= 15 is 0 Å². The van der Waals surface area contributed by atoms with Gasteiger partial charge < -0.3 is 4.90 Å². The minimum Gasteiger partial charge on any atom is -0.345 e. The van der Waals surface area contributed by atoms with E-state index in [1.165, 1.54) is 15.9 Å². The van der Waals surface area contributed by atoms with E-state index < -0.39 is 0 Å². The van der Waals surface area contributed by atoms with Crippen LogP contribution in [0.15, 0.2) is 41.2 Å². The van der Waals surface area contributed by atoms with Gasteiger partial charge >= 0.3 is 0 Å². The standard InChI is InChI=1S/C15H14N4OS2/c20-13-10-12(11-4-2-1-3-5-11)16-14-19(13)17-15(22-14)18-6-8-21-9-7-18/h1-5,10H,6-9H2. The maximum absolute atomic E-state index is 12.3. The number of hydrogen-bond donors (Lipinski definition) is 0. The number of thioether (sulfide) groups is 1. The first-order valence-corrected chi connectivity index (χ1v) is 9.07. The summed E-state index contributed by atoms with van der Waals surface area (Å²) < 4.78 is 1.41. The molecule has 5 nitrogen and oxygen atoms in total. The third-order valence-corrected chi connectivity index (χ3v) is 5.50. The van der Waals surface area contributed by atoms with Crippen molar-refractivity contribution in [3.05, 3.63) is 46.8 Å². The van der Waals surface area contributed by atoms with Crippen molar-refractivity contribution in [3.63, 3.8) is 0 Å². The molecule has 1 aromatic carbocycles. The van der Waals surface area contributed by atoms with Gasteiger partial charge in [-0.15, -0.1) is 5.10 Å². The van der Waals surface area contributed by atoms with Gasteiger partial charge in [0.1, 0.15) is 0 Å². The summed E-state index contributed by atoms with van der Waals surface area (Å²) >= 11 is 3.44. The fourth-order valence-corrected chi connectivity index (χ4v) is 4.30. The van der Waals surface area contributed by atoms with E-state index in [4.69, 9.17) is 0 Å². The summed E-state index contributed by atoms with van der Waals surface area (Å²) in [6, 6.07) is 11.3. The minimum atomic E-state index is -0.127. The normalized spacial score (nSPS) is 15.4. The highest BCUT2D eigenvalue weighted by Gasteiger charge is 2.17. The molecular weight excluding hydrogens is 316 g/mol. The molecule has 0 spiro atoms. The second-order valence-electron chi connectivity index (χ2n) is 5.02. The number of aromatic nitrogens is 3. The Morgan fingerprint density at radius 2 is 1.86 bits per heavy atom. The summed E-state index contributed by atoms with van der Waals surface area (Å²) in [4.78, 5) is 19.8. The van der Waals surface area contributed by atoms with Crippen molar-refractivity contribution in [1.29, 1.82) is 0 Å². The highest BCUT2D eigenvalue weighted by molar-refractivity contribution is 7.99. The van der Waals surface area contributed by atoms with Gasteiger partial charge in [0.2, 0.25) is 10.1 Å². The molecule has 3 aromatic rings. The molecule has 0 unspecified atom stereocenters. The molecule has 0 amide bonds. The molecule has 1 aliphatic heterocycles. The molecule has 1 saturated heterocycles. The summed E-state index contributed by atoms with van der Waals surface area (Å²) in [6.45, 7) is 1.95. The van der Waals surface area contributed by atoms with E-state index in [0.717, 1.165) is 35.3 Å². The van der Waals surface area contributed by atoms with Crippen molar-refractivity contribution in [2.75, 3.05) is 29.5 Å². The van der Waals surface area contributed by atoms with E-state index in [1.54, 1.807) is 6.07 Å². The SMILES string of the molecule is O=c1cc(-c2ccccc2)nc2sc(N3CCSCC3)nn12. The van der Waals surface area contributed by atoms with Gasteiger partial charge in [-0.3, -0.25) is 4.79 Å². The Labute approximate surface area is 135 Å². The summed E-state index contributed by atoms with van der Waals surface area (Å²) in [6.07, 6.45) is 0. The van der Waals surface area contributed by atoms with Crippen LogP contribution in [0.4, 0.5) is 5.13 Å². The van der Waals surface area contributed by atoms with Gasteiger partial charge in [0.15, 0.2) is 0 Å². The van der Waals surface area contributed by atoms with Crippen LogP contribution in [-0.2, 0) is 0 Å². The van der Waals surface area contributed by atoms with Crippen molar-refractivity contribution >= 4 is 33.2 Å². The van der Waals surface area contributed by atoms with Crippen molar-refractivity contribution in [2.45, 2.75) is 0 Å². The summed E-state index contributed by atoms with van der Waals surface area (Å²) in [5, 5.41) is 5.33. The Hall–Kier alpha value is -1.86. The zero-order chi connectivity index (χ0) is 14.9. The quantitative estimate of drug-likeness (QED) is 0.722. The zero-order valence-electron chi connectivity index (χ0n) is 11.8. The molecule has 7 heteroatoms. The second-order valence-corrected chi connectivity index (χ2v) is 7.18. The van der Waals surface area contributed by atoms with Gasteiger partial charge in [-0.2, -0.15) is 16.3 Å². The number of hydrogen-bond acceptors (Lipinski definition) is 6. The largest absolute Gasteiger partial charge is 0.345 e. The predicted octanol–water partition coefficient (Wildman–Crippen LogP) is 2.37. The van der Waals surface area contributed by atoms with Crippen molar-refractivity contribution in [1.82, 2.24) is 14.6 Å². The fraction of sp³-hybridized carbons (Fsp3) is 0.267. The number of rotatable bonds is 2. The molecule has 3 heterocycles. The Bertz CT molecular complexity index is 853. The maximum atomic E-state index is 12.3. The van der Waals surface area contributed by atoms with E-state index in [1.807, 2.05) is 42.1 Å². The van der Waals surface area contributed by atoms with Crippen LogP contribution in [0, 0.1) is 0 Å². The van der Waals surface area contributed by atoms with Crippen LogP contribution < -0.4 is 10.5 Å². The average molecular weight is 330 g/mol. The maximum Gasteiger partial charge on any atom is 0.275 e. The van der Waals surface area contributed by atoms with Crippen LogP contribution in [0.1, 0.15) is 0 Å². The predicted molar refractivity (Wildman–Crippen MR) is 92.1 cm³/mol. The Morgan fingerprint density at radius 3 is 2.64 bits per heavy atom. The third kappa shape index (κ3) is 2.50. The van der Waals surface area contributed by atoms with Crippen LogP contribution >= 0.6 is 23.1 Å². The average Bonchev–Trinajstić information content (AvgIpc) is 3.01. The first-order chi connectivity index (χ1) is 10.8. The molecule has 1 fully saturated rings. The van der Waals surface area contributed by atoms with E-state index in [-0.39, 0.29) is 5.56 Å². The van der Waals surface area contributed by atoms with Crippen LogP contribution in [0.3, 0.4) is 0 Å². The first-order valence-electron chi connectivity index (χ1n) is 7.10. The lowest BCUT2D eigenvalue weighted by molar-refractivity contribution is 0.813. The van der Waals surface area contributed by atoms with Crippen LogP contribution in [0.5, 0.6) is 0 Å². The second kappa shape index (κ2) is 5.73. The van der Waals surface area contributed by atoms with Crippen LogP contribution in [0.2, 0.25) is 0 Å². The number of fused-ring (bicyclic) bond motifs is 1. The third-order valence-electron chi connectivity index (χ3n) is 3.59. The fourth-order valence-electron chi connectivity index (χ4n) is 2.44. The van der Waals surface area contributed by atoms with E-state index in [0.29, 0.717) is 10.7 Å².